The van der Waals surface area contributed by atoms with Crippen LogP contribution in [0, 0.1) is 17.2 Å². The van der Waals surface area contributed by atoms with Crippen LogP contribution in [0.15, 0.2) is 23.3 Å². The number of hydrogen-bond acceptors (Lipinski definition) is 1. The molecule has 0 bridgehead atoms. The molecule has 1 unspecified atom stereocenters. The lowest BCUT2D eigenvalue weighted by Gasteiger charge is -2.14. The minimum Gasteiger partial charge on any atom is -0.192 e. The van der Waals surface area contributed by atoms with Crippen LogP contribution in [0.2, 0.25) is 0 Å². The van der Waals surface area contributed by atoms with Crippen molar-refractivity contribution >= 4 is 0 Å². The van der Waals surface area contributed by atoms with Gasteiger partial charge < -0.3 is 0 Å². The summed E-state index contributed by atoms with van der Waals surface area (Å²) in [6.45, 7) is 8.45. The Labute approximate surface area is 88.1 Å². The Morgan fingerprint density at radius 1 is 1.43 bits per heavy atom. The number of nitriles is 1. The summed E-state index contributed by atoms with van der Waals surface area (Å²) < 4.78 is 0. The SMILES string of the molecule is C/C=C(C#N)\C=C(/C)C(CC)CCC. The second-order valence-corrected chi connectivity index (χ2v) is 3.64. The molecule has 1 nitrogen and oxygen atoms in total. The van der Waals surface area contributed by atoms with Gasteiger partial charge in [-0.05, 0) is 38.7 Å². The van der Waals surface area contributed by atoms with E-state index in [-0.39, 0.29) is 0 Å². The van der Waals surface area contributed by atoms with Crippen LogP contribution in [0.5, 0.6) is 0 Å². The van der Waals surface area contributed by atoms with Gasteiger partial charge in [0.2, 0.25) is 0 Å². The first-order chi connectivity index (χ1) is 6.69. The molecule has 0 rings (SSSR count). The molecule has 0 aliphatic carbocycles. The summed E-state index contributed by atoms with van der Waals surface area (Å²) in [5.41, 5.74) is 2.11. The van der Waals surface area contributed by atoms with E-state index in [1.807, 2.05) is 19.1 Å². The topological polar surface area (TPSA) is 23.8 Å². The lowest BCUT2D eigenvalue weighted by atomic mass is 9.91. The van der Waals surface area contributed by atoms with Crippen LogP contribution in [-0.4, -0.2) is 0 Å². The maximum Gasteiger partial charge on any atom is 0.0988 e. The van der Waals surface area contributed by atoms with Crippen molar-refractivity contribution in [3.63, 3.8) is 0 Å². The van der Waals surface area contributed by atoms with E-state index in [2.05, 4.69) is 26.8 Å². The van der Waals surface area contributed by atoms with Gasteiger partial charge in [-0.15, -0.1) is 0 Å². The van der Waals surface area contributed by atoms with Crippen LogP contribution in [-0.2, 0) is 0 Å². The molecule has 0 spiro atoms. The predicted octanol–water partition coefficient (Wildman–Crippen LogP) is 4.23. The molecule has 14 heavy (non-hydrogen) atoms. The number of nitrogens with zero attached hydrogens (tertiary/aromatic N) is 1. The molecule has 0 aliphatic rings. The van der Waals surface area contributed by atoms with Gasteiger partial charge in [0.1, 0.15) is 0 Å². The largest absolute Gasteiger partial charge is 0.192 e. The summed E-state index contributed by atoms with van der Waals surface area (Å²) >= 11 is 0. The minimum absolute atomic E-state index is 0.642. The first kappa shape index (κ1) is 13.0. The first-order valence-corrected chi connectivity index (χ1v) is 5.44. The molecule has 0 radical (unpaired) electrons. The highest BCUT2D eigenvalue weighted by molar-refractivity contribution is 5.35. The third-order valence-corrected chi connectivity index (χ3v) is 2.60. The second kappa shape index (κ2) is 7.38. The number of hydrogen-bond donors (Lipinski definition) is 0. The van der Waals surface area contributed by atoms with E-state index < -0.39 is 0 Å². The number of allylic oxidation sites excluding steroid dienone is 4. The molecule has 0 saturated heterocycles. The average Bonchev–Trinajstić information content (AvgIpc) is 2.22. The molecule has 1 heteroatoms. The highest BCUT2D eigenvalue weighted by atomic mass is 14.2. The third kappa shape index (κ3) is 4.28. The fourth-order valence-corrected chi connectivity index (χ4v) is 1.65. The molecule has 0 amide bonds. The van der Waals surface area contributed by atoms with Crippen molar-refractivity contribution < 1.29 is 0 Å². The summed E-state index contributed by atoms with van der Waals surface area (Å²) in [5.74, 6) is 0.642. The van der Waals surface area contributed by atoms with Crippen LogP contribution in [0.25, 0.3) is 0 Å². The maximum atomic E-state index is 8.80. The highest BCUT2D eigenvalue weighted by Gasteiger charge is 2.07. The molecule has 0 fully saturated rings. The lowest BCUT2D eigenvalue weighted by Crippen LogP contribution is -2.00. The second-order valence-electron chi connectivity index (χ2n) is 3.64. The van der Waals surface area contributed by atoms with E-state index in [1.54, 1.807) is 0 Å². The van der Waals surface area contributed by atoms with Crippen molar-refractivity contribution in [1.82, 2.24) is 0 Å². The predicted molar refractivity (Wildman–Crippen MR) is 61.8 cm³/mol. The molecule has 0 aromatic heterocycles. The summed E-state index contributed by atoms with van der Waals surface area (Å²) in [6, 6.07) is 2.19. The Kier molecular flexibility index (Phi) is 6.84. The van der Waals surface area contributed by atoms with Gasteiger partial charge in [-0.25, -0.2) is 0 Å². The zero-order valence-corrected chi connectivity index (χ0v) is 9.80. The van der Waals surface area contributed by atoms with E-state index in [0.29, 0.717) is 5.92 Å². The Morgan fingerprint density at radius 3 is 2.43 bits per heavy atom. The first-order valence-electron chi connectivity index (χ1n) is 5.44. The molecule has 0 heterocycles. The quantitative estimate of drug-likeness (QED) is 0.471. The van der Waals surface area contributed by atoms with E-state index in [1.165, 1.54) is 24.8 Å². The number of rotatable bonds is 5. The van der Waals surface area contributed by atoms with Gasteiger partial charge in [0, 0.05) is 5.57 Å². The molecule has 0 N–H and O–H groups in total. The van der Waals surface area contributed by atoms with Crippen LogP contribution in [0.4, 0.5) is 0 Å². The third-order valence-electron chi connectivity index (χ3n) is 2.60. The Balaban J connectivity index is 4.56. The minimum atomic E-state index is 0.642. The van der Waals surface area contributed by atoms with Gasteiger partial charge in [-0.1, -0.05) is 31.9 Å². The van der Waals surface area contributed by atoms with Crippen molar-refractivity contribution in [2.45, 2.75) is 47.0 Å². The van der Waals surface area contributed by atoms with Crippen molar-refractivity contribution in [2.75, 3.05) is 0 Å². The van der Waals surface area contributed by atoms with Crippen LogP contribution in [0.3, 0.4) is 0 Å². The van der Waals surface area contributed by atoms with Crippen LogP contribution < -0.4 is 0 Å². The molecular weight excluding hydrogens is 170 g/mol. The Morgan fingerprint density at radius 2 is 2.07 bits per heavy atom. The van der Waals surface area contributed by atoms with Gasteiger partial charge in [-0.3, -0.25) is 0 Å². The summed E-state index contributed by atoms with van der Waals surface area (Å²) in [7, 11) is 0. The summed E-state index contributed by atoms with van der Waals surface area (Å²) in [5, 5.41) is 8.80. The van der Waals surface area contributed by atoms with Crippen molar-refractivity contribution in [2.24, 2.45) is 5.92 Å². The zero-order chi connectivity index (χ0) is 11.0. The van der Waals surface area contributed by atoms with Crippen LogP contribution in [0.1, 0.15) is 47.0 Å². The molecule has 0 saturated carbocycles. The van der Waals surface area contributed by atoms with Crippen molar-refractivity contribution in [1.29, 1.82) is 5.26 Å². The average molecular weight is 191 g/mol. The van der Waals surface area contributed by atoms with E-state index in [9.17, 15) is 0 Å². The zero-order valence-electron chi connectivity index (χ0n) is 9.80. The highest BCUT2D eigenvalue weighted by Crippen LogP contribution is 2.21. The molecule has 1 atom stereocenters. The molecule has 0 aliphatic heterocycles. The van der Waals surface area contributed by atoms with Crippen LogP contribution >= 0.6 is 0 Å². The standard InChI is InChI=1S/C13H21N/c1-5-8-13(7-3)11(4)9-12(6-2)10-14/h6,9,13H,5,7-8H2,1-4H3/b11-9+,12-6+. The maximum absolute atomic E-state index is 8.80. The van der Waals surface area contributed by atoms with Gasteiger partial charge in [0.15, 0.2) is 0 Å². The fourth-order valence-electron chi connectivity index (χ4n) is 1.65. The lowest BCUT2D eigenvalue weighted by molar-refractivity contribution is 0.534. The smallest absolute Gasteiger partial charge is 0.0988 e. The van der Waals surface area contributed by atoms with Gasteiger partial charge in [0.25, 0.3) is 0 Å². The normalized spacial score (nSPS) is 15.1. The fraction of sp³-hybridized carbons (Fsp3) is 0.615. The molecule has 0 aromatic rings. The van der Waals surface area contributed by atoms with Crippen molar-refractivity contribution in [3.8, 4) is 6.07 Å². The molecule has 78 valence electrons. The summed E-state index contributed by atoms with van der Waals surface area (Å²) in [6.07, 6.45) is 7.48. The Hall–Kier alpha value is -1.03. The monoisotopic (exact) mass is 191 g/mol. The van der Waals surface area contributed by atoms with Crippen molar-refractivity contribution in [3.05, 3.63) is 23.3 Å². The Bertz CT molecular complexity index is 253. The van der Waals surface area contributed by atoms with Gasteiger partial charge in [-0.2, -0.15) is 5.26 Å². The summed E-state index contributed by atoms with van der Waals surface area (Å²) in [4.78, 5) is 0. The van der Waals surface area contributed by atoms with E-state index >= 15 is 0 Å². The van der Waals surface area contributed by atoms with Gasteiger partial charge >= 0.3 is 0 Å². The van der Waals surface area contributed by atoms with Gasteiger partial charge in [0.05, 0.1) is 6.07 Å². The van der Waals surface area contributed by atoms with E-state index in [4.69, 9.17) is 5.26 Å². The molecular formula is C13H21N. The molecule has 0 aromatic carbocycles. The van der Waals surface area contributed by atoms with E-state index in [0.717, 1.165) is 5.57 Å².